The number of rotatable bonds is 3. The molecule has 0 aromatic rings. The normalized spacial score (nSPS) is 22.1. The van der Waals surface area contributed by atoms with Gasteiger partial charge in [0.1, 0.15) is 11.6 Å². The van der Waals surface area contributed by atoms with Crippen LogP contribution in [0.2, 0.25) is 0 Å². The maximum Gasteiger partial charge on any atom is 0.408 e. The Labute approximate surface area is 131 Å². The van der Waals surface area contributed by atoms with Crippen LogP contribution in [0.25, 0.3) is 0 Å². The first-order chi connectivity index (χ1) is 10.3. The highest BCUT2D eigenvalue weighted by Gasteiger charge is 2.35. The Kier molecular flexibility index (Phi) is 4.93. The first-order valence-electron chi connectivity index (χ1n) is 7.82. The van der Waals surface area contributed by atoms with Crippen LogP contribution in [-0.4, -0.2) is 65.5 Å². The third-order valence-electron chi connectivity index (χ3n) is 3.77. The number of alkyl carbamates (subject to hydrolysis) is 1. The second kappa shape index (κ2) is 6.54. The molecule has 0 aromatic heterocycles. The second-order valence-corrected chi connectivity index (χ2v) is 6.84. The molecule has 0 spiro atoms. The molecule has 3 amide bonds. The molecular weight excluding hydrogens is 286 g/mol. The summed E-state index contributed by atoms with van der Waals surface area (Å²) >= 11 is 0. The average molecular weight is 311 g/mol. The summed E-state index contributed by atoms with van der Waals surface area (Å²) in [6.45, 7) is 7.45. The van der Waals surface area contributed by atoms with Crippen molar-refractivity contribution in [3.8, 4) is 0 Å². The van der Waals surface area contributed by atoms with Crippen LogP contribution in [-0.2, 0) is 14.3 Å². The molecule has 0 aromatic carbocycles. The molecule has 2 fully saturated rings. The number of carbonyl (C=O) groups is 3. The van der Waals surface area contributed by atoms with Crippen LogP contribution in [0.15, 0.2) is 0 Å². The number of nitrogens with one attached hydrogen (secondary N) is 1. The Bertz CT molecular complexity index is 452. The maximum atomic E-state index is 12.2. The summed E-state index contributed by atoms with van der Waals surface area (Å²) in [5.41, 5.74) is -0.600. The Morgan fingerprint density at radius 1 is 1.23 bits per heavy atom. The van der Waals surface area contributed by atoms with Gasteiger partial charge in [0.05, 0.1) is 6.54 Å². The van der Waals surface area contributed by atoms with Crippen molar-refractivity contribution in [3.63, 3.8) is 0 Å². The quantitative estimate of drug-likeness (QED) is 0.833. The molecule has 22 heavy (non-hydrogen) atoms. The lowest BCUT2D eigenvalue weighted by atomic mass is 10.2. The van der Waals surface area contributed by atoms with Gasteiger partial charge in [-0.15, -0.1) is 0 Å². The average Bonchev–Trinajstić information content (AvgIpc) is 3.01. The zero-order valence-electron chi connectivity index (χ0n) is 13.6. The number of amides is 3. The first kappa shape index (κ1) is 16.6. The maximum absolute atomic E-state index is 12.2. The van der Waals surface area contributed by atoms with Gasteiger partial charge in [0, 0.05) is 19.6 Å². The number of carbonyl (C=O) groups excluding carboxylic acids is 3. The predicted octanol–water partition coefficient (Wildman–Crippen LogP) is 0.734. The van der Waals surface area contributed by atoms with Crippen molar-refractivity contribution in [2.24, 2.45) is 0 Å². The van der Waals surface area contributed by atoms with Crippen molar-refractivity contribution in [1.82, 2.24) is 15.1 Å². The van der Waals surface area contributed by atoms with Gasteiger partial charge < -0.3 is 19.9 Å². The van der Waals surface area contributed by atoms with E-state index in [0.717, 1.165) is 25.9 Å². The zero-order valence-corrected chi connectivity index (χ0v) is 13.6. The number of hydrogen-bond donors (Lipinski definition) is 1. The first-order valence-corrected chi connectivity index (χ1v) is 7.82. The van der Waals surface area contributed by atoms with Crippen molar-refractivity contribution in [2.75, 3.05) is 26.2 Å². The van der Waals surface area contributed by atoms with Crippen molar-refractivity contribution < 1.29 is 19.1 Å². The van der Waals surface area contributed by atoms with E-state index in [1.165, 1.54) is 4.90 Å². The molecule has 2 heterocycles. The highest BCUT2D eigenvalue weighted by atomic mass is 16.6. The minimum Gasteiger partial charge on any atom is -0.444 e. The van der Waals surface area contributed by atoms with Crippen molar-refractivity contribution in [3.05, 3.63) is 0 Å². The van der Waals surface area contributed by atoms with E-state index in [9.17, 15) is 14.4 Å². The molecule has 2 saturated heterocycles. The molecule has 0 radical (unpaired) electrons. The molecule has 0 bridgehead atoms. The summed E-state index contributed by atoms with van der Waals surface area (Å²) in [4.78, 5) is 39.4. The van der Waals surface area contributed by atoms with Crippen LogP contribution in [0, 0.1) is 0 Å². The Morgan fingerprint density at radius 3 is 2.45 bits per heavy atom. The molecular formula is C15H25N3O4. The molecule has 0 saturated carbocycles. The molecule has 2 aliphatic heterocycles. The SMILES string of the molecule is CC(C)(C)OC(=O)N[C@H]1CCN(CC(=O)N2CCCC2)C1=O. The summed E-state index contributed by atoms with van der Waals surface area (Å²) in [6.07, 6.45) is 1.97. The van der Waals surface area contributed by atoms with Crippen LogP contribution in [0.4, 0.5) is 4.79 Å². The van der Waals surface area contributed by atoms with Crippen LogP contribution < -0.4 is 5.32 Å². The highest BCUT2D eigenvalue weighted by molar-refractivity contribution is 5.91. The number of nitrogens with zero attached hydrogens (tertiary/aromatic N) is 2. The van der Waals surface area contributed by atoms with Crippen molar-refractivity contribution >= 4 is 17.9 Å². The van der Waals surface area contributed by atoms with E-state index in [1.807, 2.05) is 0 Å². The van der Waals surface area contributed by atoms with Crippen LogP contribution in [0.3, 0.4) is 0 Å². The second-order valence-electron chi connectivity index (χ2n) is 6.84. The lowest BCUT2D eigenvalue weighted by molar-refractivity contribution is -0.138. The summed E-state index contributed by atoms with van der Waals surface area (Å²) in [5, 5.41) is 2.58. The fourth-order valence-corrected chi connectivity index (χ4v) is 2.71. The van der Waals surface area contributed by atoms with Gasteiger partial charge >= 0.3 is 6.09 Å². The molecule has 124 valence electrons. The van der Waals surface area contributed by atoms with Gasteiger partial charge in [-0.3, -0.25) is 9.59 Å². The molecule has 1 N–H and O–H groups in total. The molecule has 1 atom stereocenters. The number of hydrogen-bond acceptors (Lipinski definition) is 4. The van der Waals surface area contributed by atoms with E-state index >= 15 is 0 Å². The number of likely N-dealkylation sites (tertiary alicyclic amines) is 2. The minimum atomic E-state index is -0.600. The van der Waals surface area contributed by atoms with E-state index in [0.29, 0.717) is 13.0 Å². The van der Waals surface area contributed by atoms with Gasteiger partial charge in [0.25, 0.3) is 0 Å². The number of ether oxygens (including phenoxy) is 1. The molecule has 2 rings (SSSR count). The summed E-state index contributed by atoms with van der Waals surface area (Å²) in [5.74, 6) is -0.220. The van der Waals surface area contributed by atoms with E-state index in [2.05, 4.69) is 5.32 Å². The fraction of sp³-hybridized carbons (Fsp3) is 0.800. The van der Waals surface area contributed by atoms with Gasteiger partial charge in [0.2, 0.25) is 11.8 Å². The summed E-state index contributed by atoms with van der Waals surface area (Å²) in [6, 6.07) is -0.596. The topological polar surface area (TPSA) is 79.0 Å². The smallest absolute Gasteiger partial charge is 0.408 e. The highest BCUT2D eigenvalue weighted by Crippen LogP contribution is 2.15. The standard InChI is InChI=1S/C15H25N3O4/c1-15(2,3)22-14(21)16-11-6-9-18(13(11)20)10-12(19)17-7-4-5-8-17/h11H,4-10H2,1-3H3,(H,16,21)/t11-/m0/s1. The third kappa shape index (κ3) is 4.35. The van der Waals surface area contributed by atoms with Gasteiger partial charge in [0.15, 0.2) is 0 Å². The molecule has 7 heteroatoms. The Morgan fingerprint density at radius 2 is 1.86 bits per heavy atom. The van der Waals surface area contributed by atoms with Gasteiger partial charge in [-0.05, 0) is 40.0 Å². The van der Waals surface area contributed by atoms with Gasteiger partial charge in [-0.25, -0.2) is 4.79 Å². The predicted molar refractivity (Wildman–Crippen MR) is 80.2 cm³/mol. The van der Waals surface area contributed by atoms with Crippen LogP contribution >= 0.6 is 0 Å². The lowest BCUT2D eigenvalue weighted by Gasteiger charge is -2.22. The fourth-order valence-electron chi connectivity index (χ4n) is 2.71. The minimum absolute atomic E-state index is 0.0104. The van der Waals surface area contributed by atoms with Gasteiger partial charge in [-0.1, -0.05) is 0 Å². The monoisotopic (exact) mass is 311 g/mol. The Hall–Kier alpha value is -1.79. The molecule has 2 aliphatic rings. The lowest BCUT2D eigenvalue weighted by Crippen LogP contribution is -2.46. The molecule has 0 aliphatic carbocycles. The van der Waals surface area contributed by atoms with E-state index in [4.69, 9.17) is 4.74 Å². The van der Waals surface area contributed by atoms with Crippen LogP contribution in [0.1, 0.15) is 40.0 Å². The van der Waals surface area contributed by atoms with Crippen molar-refractivity contribution in [1.29, 1.82) is 0 Å². The van der Waals surface area contributed by atoms with Crippen LogP contribution in [0.5, 0.6) is 0 Å². The molecule has 7 nitrogen and oxygen atoms in total. The third-order valence-corrected chi connectivity index (χ3v) is 3.77. The summed E-state index contributed by atoms with van der Waals surface area (Å²) < 4.78 is 5.15. The largest absolute Gasteiger partial charge is 0.444 e. The van der Waals surface area contributed by atoms with Gasteiger partial charge in [-0.2, -0.15) is 0 Å². The van der Waals surface area contributed by atoms with Crippen molar-refractivity contribution in [2.45, 2.75) is 51.7 Å². The van der Waals surface area contributed by atoms with E-state index in [-0.39, 0.29) is 18.4 Å². The van der Waals surface area contributed by atoms with E-state index in [1.54, 1.807) is 25.7 Å². The van der Waals surface area contributed by atoms with E-state index < -0.39 is 17.7 Å². The summed E-state index contributed by atoms with van der Waals surface area (Å²) in [7, 11) is 0. The molecule has 0 unspecified atom stereocenters. The zero-order chi connectivity index (χ0) is 16.3. The Balaban J connectivity index is 1.81.